The number of aryl methyl sites for hydroxylation is 1. The van der Waals surface area contributed by atoms with Gasteiger partial charge in [0, 0.05) is 5.02 Å². The monoisotopic (exact) mass is 395 g/mol. The van der Waals surface area contributed by atoms with Crippen molar-refractivity contribution in [3.63, 3.8) is 0 Å². The predicted molar refractivity (Wildman–Crippen MR) is 91.3 cm³/mol. The lowest BCUT2D eigenvalue weighted by Crippen LogP contribution is -2.23. The number of benzene rings is 1. The van der Waals surface area contributed by atoms with Crippen molar-refractivity contribution in [2.24, 2.45) is 0 Å². The Kier molecular flexibility index (Phi) is 5.10. The number of hydrogen-bond donors (Lipinski definition) is 1. The summed E-state index contributed by atoms with van der Waals surface area (Å²) in [6.07, 6.45) is 0. The molecule has 136 valence electrons. The van der Waals surface area contributed by atoms with Gasteiger partial charge in [0.1, 0.15) is 17.3 Å². The molecule has 0 fully saturated rings. The Morgan fingerprint density at radius 1 is 1.19 bits per heavy atom. The average Bonchev–Trinajstić information content (AvgIpc) is 3.22. The van der Waals surface area contributed by atoms with Crippen LogP contribution in [0.3, 0.4) is 0 Å². The fourth-order valence-corrected chi connectivity index (χ4v) is 3.42. The second kappa shape index (κ2) is 7.30. The van der Waals surface area contributed by atoms with E-state index in [2.05, 4.69) is 15.5 Å². The lowest BCUT2D eigenvalue weighted by Gasteiger charge is -2.01. The highest BCUT2D eigenvalue weighted by Gasteiger charge is 2.21. The minimum Gasteiger partial charge on any atom is -0.465 e. The summed E-state index contributed by atoms with van der Waals surface area (Å²) >= 11 is 5.75. The van der Waals surface area contributed by atoms with Crippen molar-refractivity contribution in [2.45, 2.75) is 24.1 Å². The van der Waals surface area contributed by atoms with E-state index in [9.17, 15) is 13.2 Å². The molecule has 2 aromatic heterocycles. The van der Waals surface area contributed by atoms with Crippen LogP contribution >= 0.6 is 11.6 Å². The van der Waals surface area contributed by atoms with Crippen LogP contribution in [0.5, 0.6) is 0 Å². The smallest absolute Gasteiger partial charge is 0.315 e. The Morgan fingerprint density at radius 2 is 1.92 bits per heavy atom. The zero-order valence-electron chi connectivity index (χ0n) is 13.6. The highest BCUT2D eigenvalue weighted by atomic mass is 35.5. The summed E-state index contributed by atoms with van der Waals surface area (Å²) in [4.78, 5) is 15.9. The largest absolute Gasteiger partial charge is 0.465 e. The molecule has 0 radical (unpaired) electrons. The third-order valence-corrected chi connectivity index (χ3v) is 5.25. The van der Waals surface area contributed by atoms with E-state index >= 15 is 0 Å². The molecule has 26 heavy (non-hydrogen) atoms. The van der Waals surface area contributed by atoms with Gasteiger partial charge in [-0.2, -0.15) is 4.98 Å². The van der Waals surface area contributed by atoms with Crippen LogP contribution in [0.25, 0.3) is 0 Å². The van der Waals surface area contributed by atoms with Gasteiger partial charge in [-0.3, -0.25) is 4.79 Å². The Hall–Kier alpha value is -2.65. The molecule has 0 bridgehead atoms. The van der Waals surface area contributed by atoms with Gasteiger partial charge in [-0.1, -0.05) is 16.8 Å². The van der Waals surface area contributed by atoms with Crippen LogP contribution < -0.4 is 5.32 Å². The molecule has 1 amide bonds. The number of sulfone groups is 1. The van der Waals surface area contributed by atoms with Crippen LogP contribution in [-0.2, 0) is 22.1 Å². The van der Waals surface area contributed by atoms with E-state index < -0.39 is 21.5 Å². The van der Waals surface area contributed by atoms with Crippen LogP contribution in [0.4, 0.5) is 0 Å². The first-order valence-electron chi connectivity index (χ1n) is 7.48. The highest BCUT2D eigenvalue weighted by molar-refractivity contribution is 7.90. The van der Waals surface area contributed by atoms with Gasteiger partial charge in [-0.15, -0.1) is 0 Å². The molecule has 3 aromatic rings. The number of aromatic nitrogens is 2. The number of rotatable bonds is 6. The standard InChI is InChI=1S/C16H14ClN3O5S/c1-10-2-5-12(24-10)8-18-15(21)16-19-14(20-25-16)9-26(22,23)13-6-3-11(17)4-7-13/h2-7H,8-9H2,1H3,(H,18,21). The minimum atomic E-state index is -3.69. The molecule has 0 saturated carbocycles. The maximum Gasteiger partial charge on any atom is 0.315 e. The molecule has 1 N–H and O–H groups in total. The van der Waals surface area contributed by atoms with E-state index in [4.69, 9.17) is 20.5 Å². The van der Waals surface area contributed by atoms with Gasteiger partial charge < -0.3 is 14.3 Å². The summed E-state index contributed by atoms with van der Waals surface area (Å²) in [5, 5.41) is 6.52. The van der Waals surface area contributed by atoms with Crippen molar-refractivity contribution in [2.75, 3.05) is 0 Å². The average molecular weight is 396 g/mol. The summed E-state index contributed by atoms with van der Waals surface area (Å²) in [5.74, 6) is -0.263. The molecule has 1 aromatic carbocycles. The third-order valence-electron chi connectivity index (χ3n) is 3.37. The molecule has 0 saturated heterocycles. The summed E-state index contributed by atoms with van der Waals surface area (Å²) in [5.41, 5.74) is 0. The predicted octanol–water partition coefficient (Wildman–Crippen LogP) is 2.53. The quantitative estimate of drug-likeness (QED) is 0.681. The number of carbonyl (C=O) groups is 1. The second-order valence-corrected chi connectivity index (χ2v) is 7.85. The van der Waals surface area contributed by atoms with E-state index in [1.165, 1.54) is 24.3 Å². The maximum absolute atomic E-state index is 12.3. The van der Waals surface area contributed by atoms with Crippen molar-refractivity contribution in [1.82, 2.24) is 15.5 Å². The summed E-state index contributed by atoms with van der Waals surface area (Å²) in [6, 6.07) is 9.22. The van der Waals surface area contributed by atoms with E-state index in [1.807, 2.05) is 0 Å². The maximum atomic E-state index is 12.3. The van der Waals surface area contributed by atoms with Crippen LogP contribution in [-0.4, -0.2) is 24.5 Å². The van der Waals surface area contributed by atoms with Gasteiger partial charge in [0.2, 0.25) is 0 Å². The number of amides is 1. The van der Waals surface area contributed by atoms with Gasteiger partial charge in [0.25, 0.3) is 0 Å². The zero-order chi connectivity index (χ0) is 18.7. The first-order valence-corrected chi connectivity index (χ1v) is 9.51. The fraction of sp³-hybridized carbons (Fsp3) is 0.188. The number of halogens is 1. The molecule has 2 heterocycles. The molecule has 8 nitrogen and oxygen atoms in total. The summed E-state index contributed by atoms with van der Waals surface area (Å²) < 4.78 is 34.8. The Morgan fingerprint density at radius 3 is 2.58 bits per heavy atom. The van der Waals surface area contributed by atoms with E-state index in [1.54, 1.807) is 19.1 Å². The molecule has 0 aliphatic rings. The van der Waals surface area contributed by atoms with E-state index in [-0.39, 0.29) is 23.2 Å². The normalized spacial score (nSPS) is 11.5. The Bertz CT molecular complexity index is 1020. The second-order valence-electron chi connectivity index (χ2n) is 5.42. The first-order chi connectivity index (χ1) is 12.3. The summed E-state index contributed by atoms with van der Waals surface area (Å²) in [7, 11) is -3.69. The minimum absolute atomic E-state index is 0.0749. The highest BCUT2D eigenvalue weighted by Crippen LogP contribution is 2.18. The van der Waals surface area contributed by atoms with Crippen LogP contribution in [0.15, 0.2) is 50.2 Å². The molecule has 0 spiro atoms. The van der Waals surface area contributed by atoms with Crippen molar-refractivity contribution in [1.29, 1.82) is 0 Å². The van der Waals surface area contributed by atoms with Gasteiger partial charge in [0.05, 0.1) is 11.4 Å². The van der Waals surface area contributed by atoms with E-state index in [0.29, 0.717) is 10.8 Å². The van der Waals surface area contributed by atoms with Gasteiger partial charge >= 0.3 is 11.8 Å². The van der Waals surface area contributed by atoms with Gasteiger partial charge in [0.15, 0.2) is 15.7 Å². The lowest BCUT2D eigenvalue weighted by molar-refractivity contribution is 0.0904. The summed E-state index contributed by atoms with van der Waals surface area (Å²) in [6.45, 7) is 1.93. The third kappa shape index (κ3) is 4.30. The Labute approximate surface area is 154 Å². The molecule has 0 atom stereocenters. The SMILES string of the molecule is Cc1ccc(CNC(=O)c2nc(CS(=O)(=O)c3ccc(Cl)cc3)no2)o1. The topological polar surface area (TPSA) is 115 Å². The van der Waals surface area contributed by atoms with Gasteiger partial charge in [-0.05, 0) is 43.3 Å². The first kappa shape index (κ1) is 18.2. The van der Waals surface area contributed by atoms with Gasteiger partial charge in [-0.25, -0.2) is 8.42 Å². The zero-order valence-corrected chi connectivity index (χ0v) is 15.2. The van der Waals surface area contributed by atoms with Crippen LogP contribution in [0.2, 0.25) is 5.02 Å². The molecule has 0 unspecified atom stereocenters. The van der Waals surface area contributed by atoms with Crippen molar-refractivity contribution in [3.05, 3.63) is 64.7 Å². The number of carbonyl (C=O) groups excluding carboxylic acids is 1. The molecule has 10 heteroatoms. The van der Waals surface area contributed by atoms with E-state index in [0.717, 1.165) is 5.76 Å². The molecular formula is C16H14ClN3O5S. The number of nitrogens with one attached hydrogen (secondary N) is 1. The molecule has 0 aliphatic carbocycles. The fourth-order valence-electron chi connectivity index (χ4n) is 2.12. The number of furan rings is 1. The molecule has 0 aliphatic heterocycles. The van der Waals surface area contributed by atoms with Crippen molar-refractivity contribution < 1.29 is 22.2 Å². The number of nitrogens with zero attached hydrogens (tertiary/aromatic N) is 2. The molecular weight excluding hydrogens is 382 g/mol. The Balaban J connectivity index is 1.65. The van der Waals surface area contributed by atoms with Crippen molar-refractivity contribution in [3.8, 4) is 0 Å². The number of hydrogen-bond acceptors (Lipinski definition) is 7. The van der Waals surface area contributed by atoms with Crippen LogP contribution in [0, 0.1) is 6.92 Å². The lowest BCUT2D eigenvalue weighted by atomic mass is 10.4. The van der Waals surface area contributed by atoms with Crippen molar-refractivity contribution >= 4 is 27.3 Å². The van der Waals surface area contributed by atoms with Crippen LogP contribution in [0.1, 0.15) is 28.0 Å². The molecule has 3 rings (SSSR count).